The molecule has 0 aliphatic heterocycles. The Bertz CT molecular complexity index is 431. The lowest BCUT2D eigenvalue weighted by Gasteiger charge is -2.28. The van der Waals surface area contributed by atoms with Crippen molar-refractivity contribution in [2.75, 3.05) is 0 Å². The predicted molar refractivity (Wildman–Crippen MR) is 74.9 cm³/mol. The summed E-state index contributed by atoms with van der Waals surface area (Å²) in [6.07, 6.45) is -0.776. The van der Waals surface area contributed by atoms with Gasteiger partial charge in [-0.3, -0.25) is 4.79 Å². The number of nitrogens with two attached hydrogens (primary N) is 1. The first-order chi connectivity index (χ1) is 9.31. The van der Waals surface area contributed by atoms with Gasteiger partial charge in [0.05, 0.1) is 0 Å². The highest BCUT2D eigenvalue weighted by atomic mass is 19.1. The Morgan fingerprint density at radius 3 is 2.15 bits per heavy atom. The van der Waals surface area contributed by atoms with Gasteiger partial charge in [-0.05, 0) is 44.0 Å². The fraction of sp³-hybridized carbons (Fsp3) is 0.533. The zero-order chi connectivity index (χ0) is 15.3. The number of carbonyl (C=O) groups is 1. The second-order valence-corrected chi connectivity index (χ2v) is 5.21. The number of benzene rings is 1. The van der Waals surface area contributed by atoms with Crippen molar-refractivity contribution in [2.24, 2.45) is 11.7 Å². The molecule has 0 spiro atoms. The summed E-state index contributed by atoms with van der Waals surface area (Å²) in [6.45, 7) is 7.25. The van der Waals surface area contributed by atoms with Crippen LogP contribution in [-0.4, -0.2) is 24.2 Å². The molecule has 2 N–H and O–H groups in total. The van der Waals surface area contributed by atoms with Gasteiger partial charge >= 0.3 is 5.97 Å². The lowest BCUT2D eigenvalue weighted by molar-refractivity contribution is -0.157. The van der Waals surface area contributed by atoms with Crippen LogP contribution in [0.25, 0.3) is 0 Å². The van der Waals surface area contributed by atoms with Crippen LogP contribution in [0.15, 0.2) is 24.3 Å². The molecule has 3 atom stereocenters. The molecule has 0 amide bonds. The van der Waals surface area contributed by atoms with E-state index in [2.05, 4.69) is 0 Å². The smallest absolute Gasteiger partial charge is 0.323 e. The normalized spacial score (nSPS) is 15.6. The average Bonchev–Trinajstić information content (AvgIpc) is 2.37. The highest BCUT2D eigenvalue weighted by molar-refractivity contribution is 5.75. The highest BCUT2D eigenvalue weighted by Gasteiger charge is 2.27. The Balaban J connectivity index is 2.71. The van der Waals surface area contributed by atoms with Crippen LogP contribution in [0.5, 0.6) is 5.75 Å². The van der Waals surface area contributed by atoms with Crippen LogP contribution in [0.2, 0.25) is 0 Å². The van der Waals surface area contributed by atoms with Crippen LogP contribution in [0.3, 0.4) is 0 Å². The first-order valence-corrected chi connectivity index (χ1v) is 6.69. The SMILES string of the molecule is CC(C)[C@@H](OC(=O)[C@H](C)N)[C@H](C)Oc1ccc(F)cc1. The Morgan fingerprint density at radius 1 is 1.15 bits per heavy atom. The number of rotatable bonds is 6. The second kappa shape index (κ2) is 7.24. The van der Waals surface area contributed by atoms with Crippen molar-refractivity contribution in [1.29, 1.82) is 0 Å². The second-order valence-electron chi connectivity index (χ2n) is 5.21. The molecule has 1 aromatic carbocycles. The molecule has 0 fully saturated rings. The van der Waals surface area contributed by atoms with Crippen molar-refractivity contribution in [2.45, 2.75) is 45.9 Å². The molecule has 0 aromatic heterocycles. The third-order valence-corrected chi connectivity index (χ3v) is 2.88. The van der Waals surface area contributed by atoms with E-state index in [-0.39, 0.29) is 17.8 Å². The standard InChI is InChI=1S/C15H22FNO3/c1-9(2)14(20-15(18)10(3)17)11(4)19-13-7-5-12(16)6-8-13/h5-11,14H,17H2,1-4H3/t10-,11-,14+/m0/s1. The lowest BCUT2D eigenvalue weighted by Crippen LogP contribution is -2.41. The molecular weight excluding hydrogens is 261 g/mol. The summed E-state index contributed by atoms with van der Waals surface area (Å²) in [4.78, 5) is 11.6. The highest BCUT2D eigenvalue weighted by Crippen LogP contribution is 2.19. The Morgan fingerprint density at radius 2 is 1.70 bits per heavy atom. The van der Waals surface area contributed by atoms with E-state index in [0.717, 1.165) is 0 Å². The van der Waals surface area contributed by atoms with Gasteiger partial charge in [-0.25, -0.2) is 4.39 Å². The molecule has 5 heteroatoms. The molecular formula is C15H22FNO3. The van der Waals surface area contributed by atoms with Crippen molar-refractivity contribution in [3.8, 4) is 5.75 Å². The summed E-state index contributed by atoms with van der Waals surface area (Å²) in [5.41, 5.74) is 5.50. The van der Waals surface area contributed by atoms with Crippen LogP contribution < -0.4 is 10.5 Å². The van der Waals surface area contributed by atoms with Crippen LogP contribution in [-0.2, 0) is 9.53 Å². The number of carbonyl (C=O) groups excluding carboxylic acids is 1. The van der Waals surface area contributed by atoms with Crippen molar-refractivity contribution < 1.29 is 18.7 Å². The van der Waals surface area contributed by atoms with Crippen LogP contribution in [0.4, 0.5) is 4.39 Å². The van der Waals surface area contributed by atoms with Crippen LogP contribution >= 0.6 is 0 Å². The van der Waals surface area contributed by atoms with Gasteiger partial charge in [0.2, 0.25) is 0 Å². The maximum Gasteiger partial charge on any atom is 0.323 e. The molecule has 0 saturated heterocycles. The minimum atomic E-state index is -0.672. The van der Waals surface area contributed by atoms with Crippen LogP contribution in [0, 0.1) is 11.7 Å². The van der Waals surface area contributed by atoms with E-state index >= 15 is 0 Å². The number of esters is 1. The average molecular weight is 283 g/mol. The molecule has 4 nitrogen and oxygen atoms in total. The molecule has 0 aliphatic carbocycles. The van der Waals surface area contributed by atoms with Gasteiger partial charge in [0.15, 0.2) is 0 Å². The van der Waals surface area contributed by atoms with E-state index in [9.17, 15) is 9.18 Å². The van der Waals surface area contributed by atoms with Gasteiger partial charge in [0.1, 0.15) is 29.8 Å². The maximum atomic E-state index is 12.8. The maximum absolute atomic E-state index is 12.8. The summed E-state index contributed by atoms with van der Waals surface area (Å²) in [5, 5.41) is 0. The molecule has 1 rings (SSSR count). The van der Waals surface area contributed by atoms with Gasteiger partial charge in [-0.2, -0.15) is 0 Å². The number of hydrogen-bond donors (Lipinski definition) is 1. The minimum absolute atomic E-state index is 0.0770. The van der Waals surface area contributed by atoms with Crippen molar-refractivity contribution in [1.82, 2.24) is 0 Å². The summed E-state index contributed by atoms with van der Waals surface area (Å²) < 4.78 is 23.9. The van der Waals surface area contributed by atoms with E-state index in [1.54, 1.807) is 6.92 Å². The van der Waals surface area contributed by atoms with Crippen molar-refractivity contribution in [3.05, 3.63) is 30.1 Å². The lowest BCUT2D eigenvalue weighted by atomic mass is 10.0. The Hall–Kier alpha value is -1.62. The van der Waals surface area contributed by atoms with E-state index in [1.807, 2.05) is 20.8 Å². The van der Waals surface area contributed by atoms with Gasteiger partial charge in [0.25, 0.3) is 0 Å². The quantitative estimate of drug-likeness (QED) is 0.815. The first-order valence-electron chi connectivity index (χ1n) is 6.69. The molecule has 20 heavy (non-hydrogen) atoms. The number of halogens is 1. The van der Waals surface area contributed by atoms with Crippen molar-refractivity contribution in [3.63, 3.8) is 0 Å². The molecule has 1 aromatic rings. The molecule has 0 aliphatic rings. The summed E-state index contributed by atoms with van der Waals surface area (Å²) >= 11 is 0. The summed E-state index contributed by atoms with van der Waals surface area (Å²) in [7, 11) is 0. The third-order valence-electron chi connectivity index (χ3n) is 2.88. The van der Waals surface area contributed by atoms with E-state index in [4.69, 9.17) is 15.2 Å². The first kappa shape index (κ1) is 16.4. The monoisotopic (exact) mass is 283 g/mol. The minimum Gasteiger partial charge on any atom is -0.487 e. The zero-order valence-electron chi connectivity index (χ0n) is 12.3. The Labute approximate surface area is 119 Å². The van der Waals surface area contributed by atoms with Gasteiger partial charge < -0.3 is 15.2 Å². The summed E-state index contributed by atoms with van der Waals surface area (Å²) in [5.74, 6) is -0.179. The molecule has 0 saturated carbocycles. The molecule has 0 bridgehead atoms. The molecule has 0 radical (unpaired) electrons. The van der Waals surface area contributed by atoms with Crippen molar-refractivity contribution >= 4 is 5.97 Å². The fourth-order valence-corrected chi connectivity index (χ4v) is 1.81. The molecule has 0 heterocycles. The van der Waals surface area contributed by atoms with E-state index in [1.165, 1.54) is 24.3 Å². The van der Waals surface area contributed by atoms with Crippen LogP contribution in [0.1, 0.15) is 27.7 Å². The number of ether oxygens (including phenoxy) is 2. The predicted octanol–water partition coefficient (Wildman–Crippen LogP) is 2.51. The summed E-state index contributed by atoms with van der Waals surface area (Å²) in [6, 6.07) is 5.04. The third kappa shape index (κ3) is 4.81. The number of hydrogen-bond acceptors (Lipinski definition) is 4. The van der Waals surface area contributed by atoms with E-state index < -0.39 is 18.1 Å². The zero-order valence-corrected chi connectivity index (χ0v) is 12.3. The topological polar surface area (TPSA) is 61.5 Å². The van der Waals surface area contributed by atoms with E-state index in [0.29, 0.717) is 5.75 Å². The largest absolute Gasteiger partial charge is 0.487 e. The van der Waals surface area contributed by atoms with Gasteiger partial charge in [0, 0.05) is 0 Å². The fourth-order valence-electron chi connectivity index (χ4n) is 1.81. The molecule has 112 valence electrons. The molecule has 0 unspecified atom stereocenters. The van der Waals surface area contributed by atoms with Gasteiger partial charge in [-0.1, -0.05) is 13.8 Å². The Kier molecular flexibility index (Phi) is 5.95. The van der Waals surface area contributed by atoms with Gasteiger partial charge in [-0.15, -0.1) is 0 Å².